The summed E-state index contributed by atoms with van der Waals surface area (Å²) in [6, 6.07) is 18.7. The number of anilines is 2. The number of phenols is 1. The average Bonchev–Trinajstić information content (AvgIpc) is 3.36. The fourth-order valence-corrected chi connectivity index (χ4v) is 4.44. The van der Waals surface area contributed by atoms with Crippen molar-refractivity contribution in [2.24, 2.45) is 5.92 Å². The number of aromatic hydroxyl groups is 1. The number of hydrogen-bond acceptors (Lipinski definition) is 7. The van der Waals surface area contributed by atoms with Crippen molar-refractivity contribution in [3.8, 4) is 11.5 Å². The van der Waals surface area contributed by atoms with Gasteiger partial charge in [0.25, 0.3) is 5.91 Å². The van der Waals surface area contributed by atoms with E-state index in [-0.39, 0.29) is 22.7 Å². The maximum Gasteiger partial charge on any atom is 0.335 e. The van der Waals surface area contributed by atoms with E-state index >= 15 is 0 Å². The lowest BCUT2D eigenvalue weighted by molar-refractivity contribution is -0.126. The molecule has 2 N–H and O–H groups in total. The van der Waals surface area contributed by atoms with Crippen molar-refractivity contribution in [1.82, 2.24) is 0 Å². The van der Waals surface area contributed by atoms with Crippen LogP contribution < -0.4 is 14.7 Å². The largest absolute Gasteiger partial charge is 0.504 e. The van der Waals surface area contributed by atoms with E-state index in [1.807, 2.05) is 30.3 Å². The fraction of sp³-hybridized carbons (Fsp3) is 0.160. The molecule has 2 aliphatic heterocycles. The number of carbonyl (C=O) groups excluding carboxylic acids is 2. The number of carbonyl (C=O) groups is 3. The molecule has 2 fully saturated rings. The van der Waals surface area contributed by atoms with Gasteiger partial charge in [0.05, 0.1) is 30.1 Å². The summed E-state index contributed by atoms with van der Waals surface area (Å²) in [6.45, 7) is 0. The minimum absolute atomic E-state index is 0.0450. The monoisotopic (exact) mass is 460 g/mol. The van der Waals surface area contributed by atoms with Crippen LogP contribution in [0.15, 0.2) is 72.8 Å². The summed E-state index contributed by atoms with van der Waals surface area (Å²) < 4.78 is 5.25. The lowest BCUT2D eigenvalue weighted by atomic mass is 9.90. The molecule has 0 spiro atoms. The van der Waals surface area contributed by atoms with Gasteiger partial charge in [-0.2, -0.15) is 0 Å². The van der Waals surface area contributed by atoms with Crippen molar-refractivity contribution in [2.45, 2.75) is 12.1 Å². The van der Waals surface area contributed by atoms with E-state index in [0.29, 0.717) is 11.3 Å². The van der Waals surface area contributed by atoms with Crippen LogP contribution in [0, 0.1) is 5.92 Å². The molecule has 0 radical (unpaired) electrons. The van der Waals surface area contributed by atoms with Crippen LogP contribution >= 0.6 is 0 Å². The van der Waals surface area contributed by atoms with Crippen LogP contribution in [0.1, 0.15) is 22.0 Å². The van der Waals surface area contributed by atoms with Crippen molar-refractivity contribution in [3.05, 3.63) is 83.9 Å². The zero-order chi connectivity index (χ0) is 24.0. The maximum atomic E-state index is 13.6. The first-order valence-electron chi connectivity index (χ1n) is 10.5. The molecule has 34 heavy (non-hydrogen) atoms. The number of imide groups is 1. The first-order chi connectivity index (χ1) is 16.4. The maximum absolute atomic E-state index is 13.6. The molecule has 0 unspecified atom stereocenters. The number of benzene rings is 3. The Labute approximate surface area is 194 Å². The molecular formula is C25H20N2O7. The van der Waals surface area contributed by atoms with E-state index in [9.17, 15) is 19.5 Å². The van der Waals surface area contributed by atoms with Crippen molar-refractivity contribution in [1.29, 1.82) is 0 Å². The number of rotatable bonds is 5. The Bertz CT molecular complexity index is 1280. The standard InChI is InChI=1S/C25H20N2O7/c1-33-19-13-15(9-12-18(19)28)21-20-22(34-27(21)17-5-3-2-4-6-17)24(30)26(23(20)29)16-10-7-14(8-11-16)25(31)32/h2-13,20-22,28H,1H3,(H,31,32)/t20-,21-,22-/m0/s1. The highest BCUT2D eigenvalue weighted by Gasteiger charge is 2.60. The van der Waals surface area contributed by atoms with Crippen LogP contribution in [0.4, 0.5) is 11.4 Å². The van der Waals surface area contributed by atoms with Gasteiger partial charge in [-0.15, -0.1) is 0 Å². The van der Waals surface area contributed by atoms with Gasteiger partial charge in [-0.05, 0) is 54.1 Å². The van der Waals surface area contributed by atoms with Gasteiger partial charge in [0, 0.05) is 0 Å². The van der Waals surface area contributed by atoms with Gasteiger partial charge >= 0.3 is 5.97 Å². The summed E-state index contributed by atoms with van der Waals surface area (Å²) in [5.41, 5.74) is 1.59. The summed E-state index contributed by atoms with van der Waals surface area (Å²) in [5.74, 6) is -2.80. The minimum atomic E-state index is -1.11. The Morgan fingerprint density at radius 3 is 2.29 bits per heavy atom. The summed E-state index contributed by atoms with van der Waals surface area (Å²) >= 11 is 0. The van der Waals surface area contributed by atoms with E-state index in [2.05, 4.69) is 0 Å². The highest BCUT2D eigenvalue weighted by Crippen LogP contribution is 2.48. The van der Waals surface area contributed by atoms with Gasteiger partial charge < -0.3 is 14.9 Å². The van der Waals surface area contributed by atoms with E-state index < -0.39 is 35.8 Å². The number of nitrogens with zero attached hydrogens (tertiary/aromatic N) is 2. The van der Waals surface area contributed by atoms with Crippen LogP contribution in [-0.2, 0) is 14.4 Å². The number of hydroxylamine groups is 1. The summed E-state index contributed by atoms with van der Waals surface area (Å²) in [4.78, 5) is 45.2. The summed E-state index contributed by atoms with van der Waals surface area (Å²) in [5, 5.41) is 20.7. The van der Waals surface area contributed by atoms with E-state index in [1.54, 1.807) is 17.2 Å². The smallest absolute Gasteiger partial charge is 0.335 e. The summed E-state index contributed by atoms with van der Waals surface area (Å²) in [7, 11) is 1.43. The molecule has 5 rings (SSSR count). The number of para-hydroxylation sites is 1. The molecule has 0 aliphatic carbocycles. The van der Waals surface area contributed by atoms with E-state index in [4.69, 9.17) is 14.7 Å². The molecule has 2 heterocycles. The second kappa shape index (κ2) is 8.20. The van der Waals surface area contributed by atoms with Gasteiger partial charge in [-0.25, -0.2) is 14.8 Å². The number of amides is 2. The number of ether oxygens (including phenoxy) is 1. The molecule has 0 bridgehead atoms. The SMILES string of the molecule is COc1cc([C@H]2[C@@H]3C(=O)N(c4ccc(C(=O)O)cc4)C(=O)[C@H]3ON2c2ccccc2)ccc1O. The molecular weight excluding hydrogens is 440 g/mol. The lowest BCUT2D eigenvalue weighted by Crippen LogP contribution is -2.37. The normalized spacial score (nSPS) is 21.6. The molecule has 9 heteroatoms. The van der Waals surface area contributed by atoms with E-state index in [1.165, 1.54) is 37.4 Å². The van der Waals surface area contributed by atoms with Crippen LogP contribution in [-0.4, -0.2) is 41.2 Å². The van der Waals surface area contributed by atoms with Gasteiger partial charge in [-0.1, -0.05) is 24.3 Å². The predicted octanol–water partition coefficient (Wildman–Crippen LogP) is 3.15. The topological polar surface area (TPSA) is 117 Å². The van der Waals surface area contributed by atoms with Crippen LogP contribution in [0.25, 0.3) is 0 Å². The number of carboxylic acids is 1. The Hall–Kier alpha value is -4.37. The molecule has 2 aliphatic rings. The van der Waals surface area contributed by atoms with Gasteiger partial charge in [0.15, 0.2) is 17.6 Å². The molecule has 0 aromatic heterocycles. The number of carboxylic acid groups (broad SMARTS) is 1. The molecule has 3 aromatic rings. The molecule has 3 aromatic carbocycles. The van der Waals surface area contributed by atoms with Crippen molar-refractivity contribution >= 4 is 29.2 Å². The van der Waals surface area contributed by atoms with Crippen molar-refractivity contribution in [2.75, 3.05) is 17.1 Å². The van der Waals surface area contributed by atoms with Crippen LogP contribution in [0.2, 0.25) is 0 Å². The van der Waals surface area contributed by atoms with Crippen molar-refractivity contribution < 1.29 is 34.2 Å². The highest BCUT2D eigenvalue weighted by molar-refractivity contribution is 6.24. The van der Waals surface area contributed by atoms with Gasteiger partial charge in [0.1, 0.15) is 5.92 Å². The zero-order valence-electron chi connectivity index (χ0n) is 18.0. The predicted molar refractivity (Wildman–Crippen MR) is 121 cm³/mol. The average molecular weight is 460 g/mol. The fourth-order valence-electron chi connectivity index (χ4n) is 4.44. The quantitative estimate of drug-likeness (QED) is 0.558. The Morgan fingerprint density at radius 1 is 0.941 bits per heavy atom. The molecule has 2 amide bonds. The lowest BCUT2D eigenvalue weighted by Gasteiger charge is -2.29. The third-order valence-corrected chi connectivity index (χ3v) is 6.04. The van der Waals surface area contributed by atoms with Crippen LogP contribution in [0.5, 0.6) is 11.5 Å². The van der Waals surface area contributed by atoms with Crippen LogP contribution in [0.3, 0.4) is 0 Å². The minimum Gasteiger partial charge on any atom is -0.504 e. The molecule has 0 saturated carbocycles. The number of aromatic carboxylic acids is 1. The Balaban J connectivity index is 1.57. The third-order valence-electron chi connectivity index (χ3n) is 6.04. The van der Waals surface area contributed by atoms with Gasteiger partial charge in [0.2, 0.25) is 5.91 Å². The number of fused-ring (bicyclic) bond motifs is 1. The van der Waals surface area contributed by atoms with Crippen molar-refractivity contribution in [3.63, 3.8) is 0 Å². The second-order valence-electron chi connectivity index (χ2n) is 7.95. The Kier molecular flexibility index (Phi) is 5.18. The molecule has 9 nitrogen and oxygen atoms in total. The number of methoxy groups -OCH3 is 1. The number of hydrogen-bond donors (Lipinski definition) is 2. The van der Waals surface area contributed by atoms with Gasteiger partial charge in [-0.3, -0.25) is 14.4 Å². The number of phenolic OH excluding ortho intramolecular Hbond substituents is 1. The molecule has 172 valence electrons. The van der Waals surface area contributed by atoms with E-state index in [0.717, 1.165) is 4.90 Å². The first kappa shape index (κ1) is 21.5. The first-order valence-corrected chi connectivity index (χ1v) is 10.5. The highest BCUT2D eigenvalue weighted by atomic mass is 16.7. The second-order valence-corrected chi connectivity index (χ2v) is 7.95. The third kappa shape index (κ3) is 3.34. The molecule has 3 atom stereocenters. The Morgan fingerprint density at radius 2 is 1.65 bits per heavy atom. The summed E-state index contributed by atoms with van der Waals surface area (Å²) in [6.07, 6.45) is -1.07. The molecule has 2 saturated heterocycles. The zero-order valence-corrected chi connectivity index (χ0v) is 18.0.